The van der Waals surface area contributed by atoms with Crippen LogP contribution in [0, 0.1) is 5.41 Å². The van der Waals surface area contributed by atoms with Crippen molar-refractivity contribution in [3.63, 3.8) is 0 Å². The number of thiophene rings is 1. The smallest absolute Gasteiger partial charge is 0.139 e. The van der Waals surface area contributed by atoms with Crippen LogP contribution >= 0.6 is 11.3 Å². The van der Waals surface area contributed by atoms with E-state index in [0.29, 0.717) is 0 Å². The zero-order valence-electron chi connectivity index (χ0n) is 11.5. The van der Waals surface area contributed by atoms with Gasteiger partial charge >= 0.3 is 0 Å². The quantitative estimate of drug-likeness (QED) is 0.670. The van der Waals surface area contributed by atoms with E-state index < -0.39 is 0 Å². The zero-order chi connectivity index (χ0) is 14.1. The van der Waals surface area contributed by atoms with E-state index in [1.165, 1.54) is 16.1 Å². The third-order valence-electron chi connectivity index (χ3n) is 3.66. The molecule has 5 heteroatoms. The SMILES string of the molecule is CN(Cc1cccs1)c1nc2c(cc1C(=N)N)CCC2. The van der Waals surface area contributed by atoms with E-state index >= 15 is 0 Å². The van der Waals surface area contributed by atoms with Crippen molar-refractivity contribution in [1.82, 2.24) is 4.98 Å². The van der Waals surface area contributed by atoms with Gasteiger partial charge in [-0.3, -0.25) is 5.41 Å². The molecule has 4 nitrogen and oxygen atoms in total. The van der Waals surface area contributed by atoms with Crippen LogP contribution in [-0.2, 0) is 19.4 Å². The maximum absolute atomic E-state index is 7.80. The van der Waals surface area contributed by atoms with Crippen molar-refractivity contribution in [3.8, 4) is 0 Å². The molecule has 2 heterocycles. The minimum atomic E-state index is 0.0974. The van der Waals surface area contributed by atoms with E-state index in [1.54, 1.807) is 11.3 Å². The van der Waals surface area contributed by atoms with Crippen molar-refractivity contribution < 1.29 is 0 Å². The first kappa shape index (κ1) is 13.1. The molecule has 0 atom stereocenters. The van der Waals surface area contributed by atoms with Gasteiger partial charge in [0.2, 0.25) is 0 Å². The Morgan fingerprint density at radius 2 is 2.35 bits per heavy atom. The number of nitrogens with one attached hydrogen (secondary N) is 1. The normalized spacial score (nSPS) is 13.2. The van der Waals surface area contributed by atoms with Crippen molar-refractivity contribution in [1.29, 1.82) is 5.41 Å². The number of pyridine rings is 1. The summed E-state index contributed by atoms with van der Waals surface area (Å²) in [6.45, 7) is 0.795. The first-order valence-electron chi connectivity index (χ1n) is 6.76. The summed E-state index contributed by atoms with van der Waals surface area (Å²) in [6.07, 6.45) is 3.24. The van der Waals surface area contributed by atoms with Crippen molar-refractivity contribution in [3.05, 3.63) is 45.3 Å². The molecular weight excluding hydrogens is 268 g/mol. The second-order valence-electron chi connectivity index (χ2n) is 5.17. The lowest BCUT2D eigenvalue weighted by Gasteiger charge is -2.21. The highest BCUT2D eigenvalue weighted by molar-refractivity contribution is 7.09. The molecule has 0 aromatic carbocycles. The van der Waals surface area contributed by atoms with Gasteiger partial charge in [0.25, 0.3) is 0 Å². The molecule has 2 aromatic heterocycles. The van der Waals surface area contributed by atoms with Crippen LogP contribution in [0.3, 0.4) is 0 Å². The maximum atomic E-state index is 7.80. The van der Waals surface area contributed by atoms with Gasteiger partial charge in [0.15, 0.2) is 0 Å². The number of nitrogen functional groups attached to an aromatic ring is 1. The molecule has 20 heavy (non-hydrogen) atoms. The largest absolute Gasteiger partial charge is 0.384 e. The van der Waals surface area contributed by atoms with Gasteiger partial charge in [-0.15, -0.1) is 11.3 Å². The molecule has 0 spiro atoms. The summed E-state index contributed by atoms with van der Waals surface area (Å²) >= 11 is 1.73. The van der Waals surface area contributed by atoms with Gasteiger partial charge in [-0.2, -0.15) is 0 Å². The molecule has 1 aliphatic rings. The fraction of sp³-hybridized carbons (Fsp3) is 0.333. The average Bonchev–Trinajstić information content (AvgIpc) is 3.06. The van der Waals surface area contributed by atoms with Crippen LogP contribution in [0.4, 0.5) is 5.82 Å². The van der Waals surface area contributed by atoms with Gasteiger partial charge in [0.1, 0.15) is 11.7 Å². The van der Waals surface area contributed by atoms with E-state index in [1.807, 2.05) is 7.05 Å². The summed E-state index contributed by atoms with van der Waals surface area (Å²) in [6, 6.07) is 6.22. The lowest BCUT2D eigenvalue weighted by molar-refractivity contribution is 0.879. The molecule has 3 rings (SSSR count). The summed E-state index contributed by atoms with van der Waals surface area (Å²) in [5, 5.41) is 9.87. The number of nitrogens with zero attached hydrogens (tertiary/aromatic N) is 2. The van der Waals surface area contributed by atoms with E-state index in [2.05, 4.69) is 28.5 Å². The summed E-state index contributed by atoms with van der Waals surface area (Å²) < 4.78 is 0. The standard InChI is InChI=1S/C15H18N4S/c1-19(9-11-5-3-7-20-11)15-12(14(16)17)8-10-4-2-6-13(10)18-15/h3,5,7-8H,2,4,6,9H2,1H3,(H3,16,17). The summed E-state index contributed by atoms with van der Waals surface area (Å²) in [5.74, 6) is 0.923. The van der Waals surface area contributed by atoms with Crippen LogP contribution in [-0.4, -0.2) is 17.9 Å². The highest BCUT2D eigenvalue weighted by Crippen LogP contribution is 2.27. The predicted molar refractivity (Wildman–Crippen MR) is 83.7 cm³/mol. The molecule has 2 aromatic rings. The van der Waals surface area contributed by atoms with Gasteiger partial charge in [-0.05, 0) is 42.3 Å². The number of rotatable bonds is 4. The van der Waals surface area contributed by atoms with Crippen LogP contribution in [0.2, 0.25) is 0 Å². The molecule has 0 amide bonds. The number of amidine groups is 1. The van der Waals surface area contributed by atoms with Crippen molar-refractivity contribution in [2.45, 2.75) is 25.8 Å². The minimum Gasteiger partial charge on any atom is -0.384 e. The Morgan fingerprint density at radius 3 is 3.05 bits per heavy atom. The minimum absolute atomic E-state index is 0.0974. The van der Waals surface area contributed by atoms with Gasteiger partial charge in [0, 0.05) is 17.6 Å². The third-order valence-corrected chi connectivity index (χ3v) is 4.52. The highest BCUT2D eigenvalue weighted by atomic mass is 32.1. The number of aryl methyl sites for hydroxylation is 2. The molecule has 0 radical (unpaired) electrons. The second-order valence-corrected chi connectivity index (χ2v) is 6.20. The topological polar surface area (TPSA) is 66.0 Å². The molecule has 1 aliphatic carbocycles. The molecule has 0 bridgehead atoms. The van der Waals surface area contributed by atoms with Crippen LogP contribution in [0.15, 0.2) is 23.6 Å². The maximum Gasteiger partial charge on any atom is 0.139 e. The van der Waals surface area contributed by atoms with Crippen molar-refractivity contribution in [2.24, 2.45) is 5.73 Å². The first-order valence-corrected chi connectivity index (χ1v) is 7.64. The fourth-order valence-electron chi connectivity index (χ4n) is 2.66. The van der Waals surface area contributed by atoms with Gasteiger partial charge in [-0.25, -0.2) is 4.98 Å². The fourth-order valence-corrected chi connectivity index (χ4v) is 3.42. The van der Waals surface area contributed by atoms with E-state index in [9.17, 15) is 0 Å². The Bertz CT molecular complexity index is 634. The van der Waals surface area contributed by atoms with Crippen LogP contribution < -0.4 is 10.6 Å². The Morgan fingerprint density at radius 1 is 1.50 bits per heavy atom. The van der Waals surface area contributed by atoms with Crippen molar-refractivity contribution in [2.75, 3.05) is 11.9 Å². The van der Waals surface area contributed by atoms with Gasteiger partial charge < -0.3 is 10.6 Å². The lowest BCUT2D eigenvalue weighted by Crippen LogP contribution is -2.23. The van der Waals surface area contributed by atoms with E-state index in [0.717, 1.165) is 37.2 Å². The molecule has 0 unspecified atom stereocenters. The molecular formula is C15H18N4S. The number of hydrogen-bond donors (Lipinski definition) is 2. The molecule has 3 N–H and O–H groups in total. The van der Waals surface area contributed by atoms with E-state index in [4.69, 9.17) is 16.1 Å². The highest BCUT2D eigenvalue weighted by Gasteiger charge is 2.20. The Labute approximate surface area is 122 Å². The number of anilines is 1. The van der Waals surface area contributed by atoms with Crippen LogP contribution in [0.5, 0.6) is 0 Å². The monoisotopic (exact) mass is 286 g/mol. The van der Waals surface area contributed by atoms with Gasteiger partial charge in [-0.1, -0.05) is 6.07 Å². The second kappa shape index (κ2) is 5.25. The Balaban J connectivity index is 1.96. The summed E-state index contributed by atoms with van der Waals surface area (Å²) in [4.78, 5) is 8.13. The number of nitrogens with two attached hydrogens (primary N) is 1. The first-order chi connectivity index (χ1) is 9.65. The van der Waals surface area contributed by atoms with Crippen LogP contribution in [0.1, 0.15) is 28.1 Å². The summed E-state index contributed by atoms with van der Waals surface area (Å²) in [7, 11) is 2.01. The molecule has 0 aliphatic heterocycles. The Hall–Kier alpha value is -1.88. The summed E-state index contributed by atoms with van der Waals surface area (Å²) in [5.41, 5.74) is 8.92. The zero-order valence-corrected chi connectivity index (χ0v) is 12.3. The molecule has 0 fully saturated rings. The Kier molecular flexibility index (Phi) is 3.44. The average molecular weight is 286 g/mol. The third kappa shape index (κ3) is 2.41. The number of aromatic nitrogens is 1. The predicted octanol–water partition coefficient (Wildman–Crippen LogP) is 2.55. The van der Waals surface area contributed by atoms with Gasteiger partial charge in [0.05, 0.1) is 12.1 Å². The van der Waals surface area contributed by atoms with Crippen molar-refractivity contribution >= 4 is 23.0 Å². The van der Waals surface area contributed by atoms with Crippen LogP contribution in [0.25, 0.3) is 0 Å². The molecule has 0 saturated heterocycles. The lowest BCUT2D eigenvalue weighted by atomic mass is 10.1. The number of hydrogen-bond acceptors (Lipinski definition) is 4. The molecule has 0 saturated carbocycles. The van der Waals surface area contributed by atoms with E-state index in [-0.39, 0.29) is 5.84 Å². The molecule has 104 valence electrons. The number of fused-ring (bicyclic) bond motifs is 1.